The molecule has 0 amide bonds. The van der Waals surface area contributed by atoms with E-state index < -0.39 is 0 Å². The van der Waals surface area contributed by atoms with Gasteiger partial charge in [-0.3, -0.25) is 0 Å². The maximum atomic E-state index is 2.36. The summed E-state index contributed by atoms with van der Waals surface area (Å²) in [5, 5.41) is 10.7. The Bertz CT molecular complexity index is 1260. The fourth-order valence-corrected chi connectivity index (χ4v) is 3.94. The van der Waals surface area contributed by atoms with E-state index in [4.69, 9.17) is 0 Å². The van der Waals surface area contributed by atoms with E-state index in [1.54, 1.807) is 0 Å². The molecule has 0 aliphatic rings. The molecular formula is C24H18. The monoisotopic (exact) mass is 306 g/mol. The average Bonchev–Trinajstić information content (AvgIpc) is 2.61. The molecule has 0 radical (unpaired) electrons. The molecule has 114 valence electrons. The molecule has 5 aromatic rings. The maximum absolute atomic E-state index is 2.36. The van der Waals surface area contributed by atoms with Crippen molar-refractivity contribution in [3.8, 4) is 0 Å². The van der Waals surface area contributed by atoms with Gasteiger partial charge in [0.25, 0.3) is 0 Å². The van der Waals surface area contributed by atoms with Crippen LogP contribution in [0.15, 0.2) is 72.8 Å². The highest BCUT2D eigenvalue weighted by molar-refractivity contribution is 6.16. The third-order valence-electron chi connectivity index (χ3n) is 5.24. The van der Waals surface area contributed by atoms with E-state index in [-0.39, 0.29) is 0 Å². The summed E-state index contributed by atoms with van der Waals surface area (Å²) in [4.78, 5) is 0. The van der Waals surface area contributed by atoms with Crippen LogP contribution < -0.4 is 0 Å². The number of hydrogen-bond donors (Lipinski definition) is 0. The third kappa shape index (κ3) is 1.86. The van der Waals surface area contributed by atoms with Gasteiger partial charge in [-0.2, -0.15) is 0 Å². The van der Waals surface area contributed by atoms with E-state index in [0.29, 0.717) is 0 Å². The summed E-state index contributed by atoms with van der Waals surface area (Å²) >= 11 is 0. The lowest BCUT2D eigenvalue weighted by Crippen LogP contribution is -1.86. The summed E-state index contributed by atoms with van der Waals surface area (Å²) < 4.78 is 0. The van der Waals surface area contributed by atoms with Crippen LogP contribution in [0.4, 0.5) is 0 Å². The summed E-state index contributed by atoms with van der Waals surface area (Å²) in [6.45, 7) is 4.41. The van der Waals surface area contributed by atoms with Crippen LogP contribution in [0.3, 0.4) is 0 Å². The van der Waals surface area contributed by atoms with Gasteiger partial charge in [-0.25, -0.2) is 0 Å². The topological polar surface area (TPSA) is 0 Å². The summed E-state index contributed by atoms with van der Waals surface area (Å²) in [6.07, 6.45) is 0. The fraction of sp³-hybridized carbons (Fsp3) is 0.0833. The van der Waals surface area contributed by atoms with Crippen LogP contribution in [0.1, 0.15) is 11.1 Å². The molecule has 24 heavy (non-hydrogen) atoms. The van der Waals surface area contributed by atoms with Crippen LogP contribution in [0, 0.1) is 13.8 Å². The minimum Gasteiger partial charge on any atom is -0.0616 e. The van der Waals surface area contributed by atoms with Gasteiger partial charge >= 0.3 is 0 Å². The molecule has 0 saturated carbocycles. The fourth-order valence-electron chi connectivity index (χ4n) is 3.94. The van der Waals surface area contributed by atoms with E-state index in [0.717, 1.165) is 0 Å². The van der Waals surface area contributed by atoms with Crippen LogP contribution in [0.5, 0.6) is 0 Å². The number of rotatable bonds is 0. The Morgan fingerprint density at radius 3 is 1.96 bits per heavy atom. The van der Waals surface area contributed by atoms with Crippen molar-refractivity contribution in [3.05, 3.63) is 83.9 Å². The first-order chi connectivity index (χ1) is 11.7. The summed E-state index contributed by atoms with van der Waals surface area (Å²) in [6, 6.07) is 26.9. The Morgan fingerprint density at radius 2 is 1.12 bits per heavy atom. The standard InChI is InChI=1S/C24H18/c1-15-7-8-20-14-24-21(16(2)22(20)11-15)10-9-19-12-17-5-3-4-6-18(17)13-23(19)24/h3-14H,1-2H3. The number of fused-ring (bicyclic) bond motifs is 5. The van der Waals surface area contributed by atoms with Crippen molar-refractivity contribution in [1.29, 1.82) is 0 Å². The third-order valence-corrected chi connectivity index (χ3v) is 5.24. The van der Waals surface area contributed by atoms with Crippen molar-refractivity contribution in [1.82, 2.24) is 0 Å². The molecule has 0 heterocycles. The Morgan fingerprint density at radius 1 is 0.458 bits per heavy atom. The summed E-state index contributed by atoms with van der Waals surface area (Å²) in [5.74, 6) is 0. The molecular weight excluding hydrogens is 288 g/mol. The molecule has 0 spiro atoms. The van der Waals surface area contributed by atoms with E-state index in [1.807, 2.05) is 0 Å². The van der Waals surface area contributed by atoms with E-state index >= 15 is 0 Å². The highest BCUT2D eigenvalue weighted by atomic mass is 14.1. The van der Waals surface area contributed by atoms with E-state index in [1.165, 1.54) is 54.2 Å². The zero-order valence-corrected chi connectivity index (χ0v) is 13.9. The van der Waals surface area contributed by atoms with Crippen LogP contribution in [0.25, 0.3) is 43.1 Å². The highest BCUT2D eigenvalue weighted by Crippen LogP contribution is 2.35. The molecule has 0 atom stereocenters. The van der Waals surface area contributed by atoms with Gasteiger partial charge in [0.2, 0.25) is 0 Å². The van der Waals surface area contributed by atoms with Crippen LogP contribution in [-0.2, 0) is 0 Å². The quantitative estimate of drug-likeness (QED) is 0.215. The first-order valence-corrected chi connectivity index (χ1v) is 8.46. The van der Waals surface area contributed by atoms with Gasteiger partial charge < -0.3 is 0 Å². The molecule has 5 rings (SSSR count). The van der Waals surface area contributed by atoms with Gasteiger partial charge in [0.15, 0.2) is 0 Å². The molecule has 0 saturated heterocycles. The molecule has 0 nitrogen and oxygen atoms in total. The lowest BCUT2D eigenvalue weighted by molar-refractivity contribution is 1.49. The van der Waals surface area contributed by atoms with Crippen molar-refractivity contribution >= 4 is 43.1 Å². The minimum atomic E-state index is 1.30. The van der Waals surface area contributed by atoms with Crippen LogP contribution in [-0.4, -0.2) is 0 Å². The van der Waals surface area contributed by atoms with Gasteiger partial charge in [0.05, 0.1) is 0 Å². The normalized spacial score (nSPS) is 11.8. The zero-order chi connectivity index (χ0) is 16.3. The molecule has 0 aliphatic heterocycles. The second-order valence-corrected chi connectivity index (χ2v) is 6.81. The van der Waals surface area contributed by atoms with Gasteiger partial charge in [-0.1, -0.05) is 60.2 Å². The lowest BCUT2D eigenvalue weighted by Gasteiger charge is -2.12. The molecule has 0 aromatic heterocycles. The highest BCUT2D eigenvalue weighted by Gasteiger charge is 2.08. The molecule has 0 bridgehead atoms. The van der Waals surface area contributed by atoms with Crippen molar-refractivity contribution in [2.75, 3.05) is 0 Å². The molecule has 0 unspecified atom stereocenters. The van der Waals surface area contributed by atoms with Gasteiger partial charge in [-0.05, 0) is 80.7 Å². The minimum absolute atomic E-state index is 1.30. The molecule has 0 aliphatic carbocycles. The summed E-state index contributed by atoms with van der Waals surface area (Å²) in [7, 11) is 0. The van der Waals surface area contributed by atoms with Crippen molar-refractivity contribution in [3.63, 3.8) is 0 Å². The first kappa shape index (κ1) is 13.6. The Hall–Kier alpha value is -2.86. The first-order valence-electron chi connectivity index (χ1n) is 8.46. The van der Waals surface area contributed by atoms with Crippen LogP contribution in [0.2, 0.25) is 0 Å². The van der Waals surface area contributed by atoms with Crippen molar-refractivity contribution < 1.29 is 0 Å². The van der Waals surface area contributed by atoms with E-state index in [9.17, 15) is 0 Å². The molecule has 5 aromatic carbocycles. The SMILES string of the molecule is Cc1ccc2cc3c(ccc4cc5ccccc5cc43)c(C)c2c1. The van der Waals surface area contributed by atoms with Gasteiger partial charge in [-0.15, -0.1) is 0 Å². The largest absolute Gasteiger partial charge is 0.0616 e. The lowest BCUT2D eigenvalue weighted by atomic mass is 9.92. The Kier molecular flexibility index (Phi) is 2.72. The smallest absolute Gasteiger partial charge is 0.00961 e. The Labute approximate surface area is 141 Å². The average molecular weight is 306 g/mol. The number of benzene rings is 5. The molecule has 0 N–H and O–H groups in total. The summed E-state index contributed by atoms with van der Waals surface area (Å²) in [5.41, 5.74) is 2.69. The maximum Gasteiger partial charge on any atom is -0.00961 e. The second kappa shape index (κ2) is 4.82. The number of aryl methyl sites for hydroxylation is 2. The zero-order valence-electron chi connectivity index (χ0n) is 13.9. The van der Waals surface area contributed by atoms with Crippen molar-refractivity contribution in [2.45, 2.75) is 13.8 Å². The van der Waals surface area contributed by atoms with Gasteiger partial charge in [0.1, 0.15) is 0 Å². The second-order valence-electron chi connectivity index (χ2n) is 6.81. The van der Waals surface area contributed by atoms with Crippen molar-refractivity contribution in [2.24, 2.45) is 0 Å². The molecule has 0 heteroatoms. The van der Waals surface area contributed by atoms with Gasteiger partial charge in [0, 0.05) is 0 Å². The Balaban J connectivity index is 2.01. The number of hydrogen-bond acceptors (Lipinski definition) is 0. The molecule has 0 fully saturated rings. The predicted octanol–water partition coefficient (Wildman–Crippen LogP) is 6.92. The van der Waals surface area contributed by atoms with Crippen LogP contribution >= 0.6 is 0 Å². The van der Waals surface area contributed by atoms with E-state index in [2.05, 4.69) is 86.6 Å². The predicted molar refractivity (Wildman–Crippen MR) is 106 cm³/mol.